The van der Waals surface area contributed by atoms with Gasteiger partial charge >= 0.3 is 12.1 Å². The molecule has 0 aliphatic heterocycles. The van der Waals surface area contributed by atoms with E-state index in [1.807, 2.05) is 6.07 Å². The topological polar surface area (TPSA) is 345 Å². The molecule has 0 radical (unpaired) electrons. The molecule has 23 heteroatoms. The molecule has 1 aromatic heterocycles. The highest BCUT2D eigenvalue weighted by Gasteiger charge is 2.33. The average Bonchev–Trinajstić information content (AvgIpc) is 3.71. The van der Waals surface area contributed by atoms with Gasteiger partial charge in [-0.2, -0.15) is 20.2 Å². The fourth-order valence-electron chi connectivity index (χ4n) is 7.11. The molecule has 5 aromatic rings. The molecule has 7 amide bonds. The van der Waals surface area contributed by atoms with E-state index in [-0.39, 0.29) is 36.9 Å². The van der Waals surface area contributed by atoms with Crippen LogP contribution in [0.25, 0.3) is 10.9 Å². The Labute approximate surface area is 399 Å². The number of H-pyrrole nitrogens is 1. The molecule has 0 fully saturated rings. The number of rotatable bonds is 24. The molecule has 0 saturated carbocycles. The van der Waals surface area contributed by atoms with Crippen molar-refractivity contribution in [1.29, 1.82) is 0 Å². The SMILES string of the molecule is CSCC[C@H](NC(=O)[C@H](Cc1c[nH]c2ccccc12)NC(=O)c1cccc(NC(=O)[C@H](Cc2ccc(S(=O)(=O)O)cc2)NC(=O)O)c1)C(=O)N[C@@H](CC(=O)O)C(=O)N[C@@H](Cc1ccccc1)C(N)=O. The van der Waals surface area contributed by atoms with Crippen molar-refractivity contribution in [2.45, 2.75) is 67.2 Å². The van der Waals surface area contributed by atoms with Crippen LogP contribution in [0.15, 0.2) is 114 Å². The highest BCUT2D eigenvalue weighted by atomic mass is 32.2. The van der Waals surface area contributed by atoms with Gasteiger partial charge in [0.05, 0.1) is 11.3 Å². The Morgan fingerprint density at radius 3 is 1.90 bits per heavy atom. The number of aliphatic carboxylic acids is 1. The molecule has 0 saturated heterocycles. The van der Waals surface area contributed by atoms with Crippen molar-refractivity contribution in [2.24, 2.45) is 5.73 Å². The van der Waals surface area contributed by atoms with Crippen molar-refractivity contribution >= 4 is 86.0 Å². The summed E-state index contributed by atoms with van der Waals surface area (Å²) in [4.78, 5) is 108. The molecular formula is C46H50N8O13S2. The van der Waals surface area contributed by atoms with Crippen molar-refractivity contribution in [1.82, 2.24) is 31.6 Å². The van der Waals surface area contributed by atoms with Gasteiger partial charge in [0.1, 0.15) is 30.2 Å². The van der Waals surface area contributed by atoms with Gasteiger partial charge in [0.25, 0.3) is 16.0 Å². The lowest BCUT2D eigenvalue weighted by Crippen LogP contribution is -2.59. The molecule has 69 heavy (non-hydrogen) atoms. The minimum atomic E-state index is -4.51. The van der Waals surface area contributed by atoms with Crippen LogP contribution in [-0.4, -0.2) is 118 Å². The van der Waals surface area contributed by atoms with E-state index in [1.165, 1.54) is 48.2 Å². The maximum absolute atomic E-state index is 14.3. The van der Waals surface area contributed by atoms with Crippen molar-refractivity contribution < 1.29 is 61.5 Å². The Balaban J connectivity index is 1.35. The van der Waals surface area contributed by atoms with Gasteiger partial charge in [-0.15, -0.1) is 0 Å². The van der Waals surface area contributed by atoms with Crippen molar-refractivity contribution in [3.8, 4) is 0 Å². The monoisotopic (exact) mass is 986 g/mol. The van der Waals surface area contributed by atoms with Gasteiger partial charge < -0.3 is 52.8 Å². The van der Waals surface area contributed by atoms with E-state index < -0.39 is 99.1 Å². The molecule has 4 aromatic carbocycles. The van der Waals surface area contributed by atoms with Crippen LogP contribution < -0.4 is 37.6 Å². The molecule has 0 bridgehead atoms. The van der Waals surface area contributed by atoms with Crippen LogP contribution in [0.1, 0.15) is 39.9 Å². The third kappa shape index (κ3) is 15.7. The molecule has 21 nitrogen and oxygen atoms in total. The molecule has 0 aliphatic rings. The zero-order valence-corrected chi connectivity index (χ0v) is 38.5. The molecule has 0 aliphatic carbocycles. The average molecular weight is 987 g/mol. The number of amides is 7. The summed E-state index contributed by atoms with van der Waals surface area (Å²) >= 11 is 1.33. The smallest absolute Gasteiger partial charge is 0.405 e. The number of benzene rings is 4. The molecule has 0 unspecified atom stereocenters. The van der Waals surface area contributed by atoms with Gasteiger partial charge in [-0.25, -0.2) is 4.79 Å². The third-order valence-electron chi connectivity index (χ3n) is 10.6. The van der Waals surface area contributed by atoms with Gasteiger partial charge in [-0.1, -0.05) is 66.7 Å². The maximum atomic E-state index is 14.3. The standard InChI is InChI=1S/C46H50N8O13S2/c1-68-19-18-34(42(59)53-38(24-39(55)56)45(62)51-35(40(47)57)20-26-8-3-2-4-9-26)50-44(61)37(23-29-25-48-33-13-6-5-12-32(29)33)52-41(58)28-10-7-11-30(22-28)49-43(60)36(54-46(63)64)21-27-14-16-31(17-15-27)69(65,66)67/h2-17,22,25,34-38,48,54H,18-21,23-24H2,1H3,(H2,47,57)(H,49,60)(H,50,61)(H,51,62)(H,52,58)(H,53,59)(H,55,56)(H,63,64)(H,65,66,67)/t34-,35-,36-,37-,38-/m0/s1. The zero-order valence-electron chi connectivity index (χ0n) is 36.8. The Morgan fingerprint density at radius 1 is 0.652 bits per heavy atom. The van der Waals surface area contributed by atoms with E-state index in [0.717, 1.165) is 23.0 Å². The number of carbonyl (C=O) groups is 8. The highest BCUT2D eigenvalue weighted by molar-refractivity contribution is 7.98. The number of fused-ring (bicyclic) bond motifs is 1. The first-order valence-electron chi connectivity index (χ1n) is 21.1. The second-order valence-corrected chi connectivity index (χ2v) is 18.0. The van der Waals surface area contributed by atoms with Crippen molar-refractivity contribution in [3.63, 3.8) is 0 Å². The number of aromatic nitrogens is 1. The predicted molar refractivity (Wildman–Crippen MR) is 254 cm³/mol. The molecule has 12 N–H and O–H groups in total. The van der Waals surface area contributed by atoms with Gasteiger partial charge in [0.2, 0.25) is 29.5 Å². The second-order valence-electron chi connectivity index (χ2n) is 15.6. The van der Waals surface area contributed by atoms with Crippen LogP contribution in [0.3, 0.4) is 0 Å². The van der Waals surface area contributed by atoms with Crippen LogP contribution >= 0.6 is 11.8 Å². The summed E-state index contributed by atoms with van der Waals surface area (Å²) in [6.45, 7) is 0. The van der Waals surface area contributed by atoms with Crippen LogP contribution in [-0.2, 0) is 58.1 Å². The first-order valence-corrected chi connectivity index (χ1v) is 23.9. The van der Waals surface area contributed by atoms with E-state index in [4.69, 9.17) is 5.73 Å². The van der Waals surface area contributed by atoms with Crippen LogP contribution in [0, 0.1) is 0 Å². The summed E-state index contributed by atoms with van der Waals surface area (Å²) in [5.74, 6) is -6.45. The van der Waals surface area contributed by atoms with Gasteiger partial charge in [0.15, 0.2) is 0 Å². The first kappa shape index (κ1) is 52.2. The lowest BCUT2D eigenvalue weighted by atomic mass is 10.0. The Bertz CT molecular complexity index is 2790. The molecule has 5 atom stereocenters. The second kappa shape index (κ2) is 24.3. The maximum Gasteiger partial charge on any atom is 0.405 e. The largest absolute Gasteiger partial charge is 0.481 e. The van der Waals surface area contributed by atoms with Crippen LogP contribution in [0.4, 0.5) is 10.5 Å². The van der Waals surface area contributed by atoms with Crippen molar-refractivity contribution in [2.75, 3.05) is 17.3 Å². The summed E-state index contributed by atoms with van der Waals surface area (Å²) < 4.78 is 32.2. The summed E-state index contributed by atoms with van der Waals surface area (Å²) in [5.41, 5.74) is 7.91. The minimum Gasteiger partial charge on any atom is -0.481 e. The normalized spacial score (nSPS) is 13.4. The number of para-hydroxylation sites is 1. The van der Waals surface area contributed by atoms with Gasteiger partial charge in [0, 0.05) is 47.6 Å². The van der Waals surface area contributed by atoms with Crippen molar-refractivity contribution in [3.05, 3.63) is 132 Å². The van der Waals surface area contributed by atoms with Gasteiger partial charge in [-0.05, 0) is 71.5 Å². The fraction of sp³-hybridized carbons (Fsp3) is 0.261. The number of carboxylic acids is 1. The lowest BCUT2D eigenvalue weighted by Gasteiger charge is -2.26. The Kier molecular flexibility index (Phi) is 18.4. The van der Waals surface area contributed by atoms with Crippen LogP contribution in [0.2, 0.25) is 0 Å². The summed E-state index contributed by atoms with van der Waals surface area (Å²) in [6.07, 6.45) is 0.621. The number of carbonyl (C=O) groups excluding carboxylic acids is 6. The number of carboxylic acid groups (broad SMARTS) is 2. The van der Waals surface area contributed by atoms with Crippen LogP contribution in [0.5, 0.6) is 0 Å². The fourth-order valence-corrected chi connectivity index (χ4v) is 8.06. The molecular weight excluding hydrogens is 937 g/mol. The van der Waals surface area contributed by atoms with E-state index in [9.17, 15) is 61.5 Å². The molecule has 364 valence electrons. The quantitative estimate of drug-likeness (QED) is 0.0394. The van der Waals surface area contributed by atoms with Gasteiger partial charge in [-0.3, -0.25) is 38.1 Å². The zero-order chi connectivity index (χ0) is 50.3. The number of aromatic amines is 1. The predicted octanol–water partition coefficient (Wildman–Crippen LogP) is 1.98. The molecule has 5 rings (SSSR count). The third-order valence-corrected chi connectivity index (χ3v) is 12.1. The number of nitrogens with two attached hydrogens (primary N) is 1. The number of hydrogen-bond acceptors (Lipinski definition) is 11. The number of hydrogen-bond donors (Lipinski definition) is 11. The molecule has 1 heterocycles. The highest BCUT2D eigenvalue weighted by Crippen LogP contribution is 2.21. The first-order chi connectivity index (χ1) is 32.8. The Hall–Kier alpha value is -7.76. The lowest BCUT2D eigenvalue weighted by molar-refractivity contribution is -0.141. The van der Waals surface area contributed by atoms with E-state index in [1.54, 1.807) is 61.0 Å². The summed E-state index contributed by atoms with van der Waals surface area (Å²) in [7, 11) is -4.51. The van der Waals surface area contributed by atoms with E-state index in [0.29, 0.717) is 22.4 Å². The van der Waals surface area contributed by atoms with E-state index in [2.05, 4.69) is 36.9 Å². The number of nitrogens with one attached hydrogen (secondary N) is 7. The Morgan fingerprint density at radius 2 is 1.25 bits per heavy atom. The van der Waals surface area contributed by atoms with E-state index >= 15 is 0 Å². The summed E-state index contributed by atoms with van der Waals surface area (Å²) in [6, 6.07) is 19.0. The summed E-state index contributed by atoms with van der Waals surface area (Å²) in [5, 5.41) is 34.7. The number of primary amides is 1. The minimum absolute atomic E-state index is 0.00116. The molecule has 0 spiro atoms. The number of anilines is 1. The number of thioether (sulfide) groups is 1.